The van der Waals surface area contributed by atoms with Crippen LogP contribution in [0.3, 0.4) is 0 Å². The fourth-order valence-corrected chi connectivity index (χ4v) is 7.25. The number of likely N-dealkylation sites (tertiary alicyclic amines) is 1. The number of carbonyl (C=O) groups excluding carboxylic acids is 3. The van der Waals surface area contributed by atoms with Crippen molar-refractivity contribution < 1.29 is 29.0 Å². The normalized spacial score (nSPS) is 20.2. The van der Waals surface area contributed by atoms with Crippen LogP contribution < -0.4 is 14.9 Å². The first-order chi connectivity index (χ1) is 18.1. The average molecular weight is 594 g/mol. The molecular formula is C24H17Cl2N3O7S2. The van der Waals surface area contributed by atoms with Gasteiger partial charge in [-0.05, 0) is 35.9 Å². The second-order valence-corrected chi connectivity index (χ2v) is 11.4. The summed E-state index contributed by atoms with van der Waals surface area (Å²) < 4.78 is 5.57. The van der Waals surface area contributed by atoms with Gasteiger partial charge >= 0.3 is 10.8 Å². The largest absolute Gasteiger partial charge is 0.484 e. The minimum absolute atomic E-state index is 0.287. The Hall–Kier alpha value is -3.32. The number of hydrogen-bond donors (Lipinski definition) is 3. The van der Waals surface area contributed by atoms with Crippen molar-refractivity contribution in [3.05, 3.63) is 72.6 Å². The van der Waals surface area contributed by atoms with E-state index in [0.29, 0.717) is 36.9 Å². The van der Waals surface area contributed by atoms with Crippen LogP contribution in [0.25, 0.3) is 0 Å². The number of H-pyrrole nitrogens is 1. The van der Waals surface area contributed by atoms with Crippen molar-refractivity contribution in [3.63, 3.8) is 0 Å². The third kappa shape index (κ3) is 5.04. The summed E-state index contributed by atoms with van der Waals surface area (Å²) >= 11 is 13.9. The molecule has 10 nitrogen and oxygen atoms in total. The highest BCUT2D eigenvalue weighted by Gasteiger charge is 2.56. The molecule has 3 heterocycles. The number of halogens is 2. The van der Waals surface area contributed by atoms with E-state index >= 15 is 0 Å². The Morgan fingerprint density at radius 1 is 1.05 bits per heavy atom. The number of nitrogens with zero attached hydrogens (tertiary/aromatic N) is 1. The van der Waals surface area contributed by atoms with E-state index in [2.05, 4.69) is 10.3 Å². The molecule has 0 bridgehead atoms. The molecule has 0 radical (unpaired) electrons. The molecule has 1 fully saturated rings. The standard InChI is InChI=1S/C24H17Cl2N3O7S2/c25-13-6-3-11(7-14(13)26)27-15(30)9-36-12-4-1-10(2-5-12)17-18-20(37-21-19(17)38-24(35)28-21)23(34)29(22(18)33)8-16(31)32/h1-7,17-18,20H,8-9H2,(H,27,30)(H,28,35)(H,31,32)/t17-,18?,20?/m0/s1. The van der Waals surface area contributed by atoms with E-state index in [9.17, 15) is 24.0 Å². The maximum atomic E-state index is 13.2. The van der Waals surface area contributed by atoms with Gasteiger partial charge in [0.25, 0.3) is 5.91 Å². The lowest BCUT2D eigenvalue weighted by atomic mass is 9.83. The number of ether oxygens (including phenoxy) is 1. The van der Waals surface area contributed by atoms with Crippen LogP contribution in [0.15, 0.2) is 52.3 Å². The summed E-state index contributed by atoms with van der Waals surface area (Å²) in [5.41, 5.74) is 1.10. The molecule has 0 aliphatic carbocycles. The molecule has 1 saturated heterocycles. The molecule has 5 rings (SSSR count). The number of aromatic amines is 1. The first-order valence-electron chi connectivity index (χ1n) is 11.1. The second-order valence-electron chi connectivity index (χ2n) is 8.44. The summed E-state index contributed by atoms with van der Waals surface area (Å²) in [5, 5.41) is 12.1. The van der Waals surface area contributed by atoms with Gasteiger partial charge < -0.3 is 20.1 Å². The number of imide groups is 1. The first kappa shape index (κ1) is 26.3. The van der Waals surface area contributed by atoms with Crippen LogP contribution in [0.1, 0.15) is 16.4 Å². The summed E-state index contributed by atoms with van der Waals surface area (Å²) in [5.74, 6) is -4.02. The van der Waals surface area contributed by atoms with Crippen LogP contribution >= 0.6 is 46.3 Å². The lowest BCUT2D eigenvalue weighted by molar-refractivity contribution is -0.149. The number of nitrogens with one attached hydrogen (secondary N) is 2. The van der Waals surface area contributed by atoms with Crippen molar-refractivity contribution in [1.29, 1.82) is 0 Å². The van der Waals surface area contributed by atoms with Gasteiger partial charge in [0.15, 0.2) is 6.61 Å². The smallest absolute Gasteiger partial charge is 0.323 e. The Morgan fingerprint density at radius 2 is 1.79 bits per heavy atom. The topological polar surface area (TPSA) is 146 Å². The molecule has 2 aliphatic rings. The average Bonchev–Trinajstić information content (AvgIpc) is 3.35. The lowest BCUT2D eigenvalue weighted by Gasteiger charge is -2.29. The van der Waals surface area contributed by atoms with Gasteiger partial charge in [-0.2, -0.15) is 0 Å². The Balaban J connectivity index is 1.34. The summed E-state index contributed by atoms with van der Waals surface area (Å²) in [7, 11) is 0. The van der Waals surface area contributed by atoms with E-state index < -0.39 is 47.3 Å². The summed E-state index contributed by atoms with van der Waals surface area (Å²) in [4.78, 5) is 65.5. The van der Waals surface area contributed by atoms with Crippen molar-refractivity contribution in [3.8, 4) is 5.75 Å². The molecule has 3 atom stereocenters. The fraction of sp³-hybridized carbons (Fsp3) is 0.208. The summed E-state index contributed by atoms with van der Waals surface area (Å²) in [6.07, 6.45) is 0. The molecule has 3 N–H and O–H groups in total. The third-order valence-corrected chi connectivity index (χ3v) is 9.16. The number of amides is 3. The number of benzene rings is 2. The number of rotatable bonds is 7. The minimum Gasteiger partial charge on any atom is -0.484 e. The van der Waals surface area contributed by atoms with E-state index in [1.54, 1.807) is 36.4 Å². The number of aliphatic carboxylic acids is 1. The minimum atomic E-state index is -1.29. The molecular weight excluding hydrogens is 577 g/mol. The van der Waals surface area contributed by atoms with Gasteiger partial charge in [-0.1, -0.05) is 58.4 Å². The third-order valence-electron chi connectivity index (χ3n) is 6.02. The number of carbonyl (C=O) groups is 4. The van der Waals surface area contributed by atoms with Crippen molar-refractivity contribution in [2.75, 3.05) is 18.5 Å². The maximum absolute atomic E-state index is 13.2. The number of hydrogen-bond acceptors (Lipinski definition) is 8. The van der Waals surface area contributed by atoms with E-state index in [4.69, 9.17) is 33.0 Å². The molecule has 38 heavy (non-hydrogen) atoms. The van der Waals surface area contributed by atoms with Gasteiger partial charge in [-0.3, -0.25) is 28.9 Å². The quantitative estimate of drug-likeness (QED) is 0.353. The van der Waals surface area contributed by atoms with Crippen LogP contribution in [-0.2, 0) is 19.2 Å². The Labute approximate surface area is 232 Å². The Kier molecular flexibility index (Phi) is 7.23. The van der Waals surface area contributed by atoms with Crippen molar-refractivity contribution in [2.24, 2.45) is 5.92 Å². The molecule has 196 valence electrons. The van der Waals surface area contributed by atoms with Crippen LogP contribution in [0.5, 0.6) is 5.75 Å². The maximum Gasteiger partial charge on any atom is 0.323 e. The van der Waals surface area contributed by atoms with Gasteiger partial charge in [0.05, 0.1) is 21.0 Å². The molecule has 14 heteroatoms. The highest BCUT2D eigenvalue weighted by atomic mass is 35.5. The molecule has 3 amide bonds. The SMILES string of the molecule is O=C(O)CN1C(=O)C2Sc3[nH]c(=O)sc3[C@@H](c3ccc(OCC(=O)Nc4ccc(Cl)c(Cl)c4)cc3)C2C1=O. The van der Waals surface area contributed by atoms with Gasteiger partial charge in [-0.15, -0.1) is 0 Å². The number of thioether (sulfide) groups is 1. The van der Waals surface area contributed by atoms with E-state index in [1.165, 1.54) is 6.07 Å². The van der Waals surface area contributed by atoms with E-state index in [-0.39, 0.29) is 11.5 Å². The first-order valence-corrected chi connectivity index (χ1v) is 13.5. The Morgan fingerprint density at radius 3 is 2.47 bits per heavy atom. The summed E-state index contributed by atoms with van der Waals surface area (Å²) in [6.45, 7) is -1.01. The lowest BCUT2D eigenvalue weighted by Crippen LogP contribution is -2.36. The molecule has 1 aromatic heterocycles. The molecule has 0 saturated carbocycles. The van der Waals surface area contributed by atoms with Gasteiger partial charge in [-0.25, -0.2) is 0 Å². The fourth-order valence-electron chi connectivity index (χ4n) is 4.42. The zero-order valence-corrected chi connectivity index (χ0v) is 22.2. The van der Waals surface area contributed by atoms with Crippen molar-refractivity contribution in [1.82, 2.24) is 9.88 Å². The van der Waals surface area contributed by atoms with Gasteiger partial charge in [0, 0.05) is 16.5 Å². The predicted octanol–water partition coefficient (Wildman–Crippen LogP) is 3.44. The van der Waals surface area contributed by atoms with Gasteiger partial charge in [0.2, 0.25) is 11.8 Å². The van der Waals surface area contributed by atoms with Crippen LogP contribution in [0.2, 0.25) is 10.0 Å². The highest BCUT2D eigenvalue weighted by Crippen LogP contribution is 2.52. The number of aromatic nitrogens is 1. The molecule has 3 aromatic rings. The zero-order chi connectivity index (χ0) is 27.1. The summed E-state index contributed by atoms with van der Waals surface area (Å²) in [6, 6.07) is 11.3. The number of carboxylic acid groups (broad SMARTS) is 1. The number of carboxylic acids is 1. The molecule has 0 spiro atoms. The molecule has 2 unspecified atom stereocenters. The van der Waals surface area contributed by atoms with E-state index in [1.807, 2.05) is 0 Å². The van der Waals surface area contributed by atoms with E-state index in [0.717, 1.165) is 28.0 Å². The van der Waals surface area contributed by atoms with Crippen LogP contribution in [-0.4, -0.2) is 57.1 Å². The van der Waals surface area contributed by atoms with Gasteiger partial charge in [0.1, 0.15) is 17.5 Å². The number of thiazole rings is 1. The highest BCUT2D eigenvalue weighted by molar-refractivity contribution is 8.00. The van der Waals surface area contributed by atoms with Crippen molar-refractivity contribution in [2.45, 2.75) is 16.2 Å². The monoisotopic (exact) mass is 593 g/mol. The molecule has 2 aromatic carbocycles. The molecule has 2 aliphatic heterocycles. The predicted molar refractivity (Wildman–Crippen MR) is 141 cm³/mol. The van der Waals surface area contributed by atoms with Crippen molar-refractivity contribution >= 4 is 75.7 Å². The van der Waals surface area contributed by atoms with Crippen LogP contribution in [0.4, 0.5) is 5.69 Å². The second kappa shape index (κ2) is 10.4. The zero-order valence-electron chi connectivity index (χ0n) is 19.1. The van der Waals surface area contributed by atoms with Crippen LogP contribution in [0, 0.1) is 5.92 Å². The number of fused-ring (bicyclic) bond motifs is 2. The number of anilines is 1. The Bertz CT molecular complexity index is 1520.